The van der Waals surface area contributed by atoms with Crippen molar-refractivity contribution in [3.05, 3.63) is 41.6 Å². The first-order chi connectivity index (χ1) is 9.17. The smallest absolute Gasteiger partial charge is 0.0705 e. The van der Waals surface area contributed by atoms with Crippen LogP contribution in [-0.2, 0) is 0 Å². The van der Waals surface area contributed by atoms with Crippen molar-refractivity contribution in [2.75, 3.05) is 0 Å². The second-order valence-electron chi connectivity index (χ2n) is 5.83. The van der Waals surface area contributed by atoms with Gasteiger partial charge in [-0.25, -0.2) is 0 Å². The van der Waals surface area contributed by atoms with Crippen LogP contribution >= 0.6 is 0 Å². The minimum absolute atomic E-state index is 0.617. The molecule has 2 nitrogen and oxygen atoms in total. The van der Waals surface area contributed by atoms with Crippen LogP contribution in [0.3, 0.4) is 0 Å². The van der Waals surface area contributed by atoms with Crippen molar-refractivity contribution in [3.8, 4) is 0 Å². The van der Waals surface area contributed by atoms with Crippen molar-refractivity contribution in [3.63, 3.8) is 0 Å². The standard InChI is InChI=1S/C17H22N2/c1-4-16-15(9-12(3)19-16)13-7-8-17-14(10-13)6-5-11(2)18-17/h5-8,10,12,15-16,19H,4,9H2,1-3H3. The molecule has 2 heteroatoms. The van der Waals surface area contributed by atoms with Gasteiger partial charge in [0, 0.05) is 29.1 Å². The van der Waals surface area contributed by atoms with Crippen molar-refractivity contribution in [1.82, 2.24) is 10.3 Å². The van der Waals surface area contributed by atoms with Crippen molar-refractivity contribution in [2.45, 2.75) is 51.6 Å². The predicted octanol–water partition coefficient (Wildman–Crippen LogP) is 3.79. The number of fused-ring (bicyclic) bond motifs is 1. The molecule has 1 aromatic heterocycles. The second-order valence-corrected chi connectivity index (χ2v) is 5.83. The molecule has 2 aromatic rings. The lowest BCUT2D eigenvalue weighted by Crippen LogP contribution is -2.28. The summed E-state index contributed by atoms with van der Waals surface area (Å²) in [5, 5.41) is 4.96. The van der Waals surface area contributed by atoms with Crippen LogP contribution in [0.15, 0.2) is 30.3 Å². The van der Waals surface area contributed by atoms with Gasteiger partial charge >= 0.3 is 0 Å². The van der Waals surface area contributed by atoms with E-state index in [1.54, 1.807) is 0 Å². The minimum atomic E-state index is 0.617. The summed E-state index contributed by atoms with van der Waals surface area (Å²) in [7, 11) is 0. The van der Waals surface area contributed by atoms with Crippen LogP contribution in [0.25, 0.3) is 10.9 Å². The summed E-state index contributed by atoms with van der Waals surface area (Å²) in [6, 6.07) is 12.3. The Labute approximate surface area is 115 Å². The largest absolute Gasteiger partial charge is 0.311 e. The number of hydrogen-bond donors (Lipinski definition) is 1. The highest BCUT2D eigenvalue weighted by molar-refractivity contribution is 5.79. The summed E-state index contributed by atoms with van der Waals surface area (Å²) in [6.07, 6.45) is 2.43. The monoisotopic (exact) mass is 254 g/mol. The minimum Gasteiger partial charge on any atom is -0.311 e. The van der Waals surface area contributed by atoms with Gasteiger partial charge in [-0.2, -0.15) is 0 Å². The Morgan fingerprint density at radius 2 is 2.11 bits per heavy atom. The lowest BCUT2D eigenvalue weighted by molar-refractivity contribution is 0.517. The molecule has 0 amide bonds. The number of aryl methyl sites for hydroxylation is 1. The molecule has 19 heavy (non-hydrogen) atoms. The van der Waals surface area contributed by atoms with Crippen molar-refractivity contribution < 1.29 is 0 Å². The number of rotatable bonds is 2. The van der Waals surface area contributed by atoms with Gasteiger partial charge in [0.15, 0.2) is 0 Å². The molecule has 100 valence electrons. The van der Waals surface area contributed by atoms with Crippen molar-refractivity contribution in [1.29, 1.82) is 0 Å². The third-order valence-electron chi connectivity index (χ3n) is 4.31. The van der Waals surface area contributed by atoms with Gasteiger partial charge in [-0.15, -0.1) is 0 Å². The zero-order valence-electron chi connectivity index (χ0n) is 12.0. The topological polar surface area (TPSA) is 24.9 Å². The zero-order chi connectivity index (χ0) is 13.4. The lowest BCUT2D eigenvalue weighted by atomic mass is 9.89. The van der Waals surface area contributed by atoms with E-state index in [9.17, 15) is 0 Å². The van der Waals surface area contributed by atoms with Gasteiger partial charge in [0.1, 0.15) is 0 Å². The highest BCUT2D eigenvalue weighted by Crippen LogP contribution is 2.33. The van der Waals surface area contributed by atoms with E-state index in [1.165, 1.54) is 23.8 Å². The fraction of sp³-hybridized carbons (Fsp3) is 0.471. The number of benzene rings is 1. The van der Waals surface area contributed by atoms with E-state index in [4.69, 9.17) is 0 Å². The Morgan fingerprint density at radius 1 is 1.26 bits per heavy atom. The summed E-state index contributed by atoms with van der Waals surface area (Å²) in [4.78, 5) is 4.58. The first-order valence-electron chi connectivity index (χ1n) is 7.30. The molecule has 0 saturated carbocycles. The predicted molar refractivity (Wildman–Crippen MR) is 80.5 cm³/mol. The first-order valence-corrected chi connectivity index (χ1v) is 7.30. The summed E-state index contributed by atoms with van der Waals surface area (Å²) in [6.45, 7) is 6.60. The number of hydrogen-bond acceptors (Lipinski definition) is 2. The molecule has 1 aliphatic rings. The van der Waals surface area contributed by atoms with Crippen molar-refractivity contribution >= 4 is 10.9 Å². The first kappa shape index (κ1) is 12.6. The number of nitrogens with one attached hydrogen (secondary N) is 1. The van der Waals surface area contributed by atoms with Gasteiger partial charge in [-0.3, -0.25) is 4.98 Å². The maximum Gasteiger partial charge on any atom is 0.0705 e. The molecule has 0 bridgehead atoms. The fourth-order valence-corrected chi connectivity index (χ4v) is 3.34. The average Bonchev–Trinajstić information content (AvgIpc) is 2.79. The van der Waals surface area contributed by atoms with E-state index in [-0.39, 0.29) is 0 Å². The van der Waals surface area contributed by atoms with E-state index in [2.05, 4.69) is 54.5 Å². The number of aromatic nitrogens is 1. The number of pyridine rings is 1. The molecule has 3 unspecified atom stereocenters. The Balaban J connectivity index is 1.99. The highest BCUT2D eigenvalue weighted by atomic mass is 15.0. The molecule has 0 aliphatic carbocycles. The average molecular weight is 254 g/mol. The third-order valence-corrected chi connectivity index (χ3v) is 4.31. The lowest BCUT2D eigenvalue weighted by Gasteiger charge is -2.18. The molecule has 0 spiro atoms. The van der Waals surface area contributed by atoms with Gasteiger partial charge in [0.25, 0.3) is 0 Å². The maximum atomic E-state index is 4.58. The SMILES string of the molecule is CCC1NC(C)CC1c1ccc2nc(C)ccc2c1. The molecule has 2 heterocycles. The summed E-state index contributed by atoms with van der Waals surface area (Å²) in [5.74, 6) is 0.644. The summed E-state index contributed by atoms with van der Waals surface area (Å²) in [5.41, 5.74) is 3.65. The second kappa shape index (κ2) is 4.93. The molecule has 3 atom stereocenters. The zero-order valence-corrected chi connectivity index (χ0v) is 12.0. The molecule has 1 fully saturated rings. The van der Waals surface area contributed by atoms with E-state index >= 15 is 0 Å². The molecular weight excluding hydrogens is 232 g/mol. The van der Waals surface area contributed by atoms with Gasteiger partial charge in [0.2, 0.25) is 0 Å². The Hall–Kier alpha value is -1.41. The van der Waals surface area contributed by atoms with Crippen LogP contribution in [-0.4, -0.2) is 17.1 Å². The molecule has 1 N–H and O–H groups in total. The van der Waals surface area contributed by atoms with Crippen LogP contribution < -0.4 is 5.32 Å². The molecular formula is C17H22N2. The van der Waals surface area contributed by atoms with Gasteiger partial charge in [-0.05, 0) is 50.5 Å². The Kier molecular flexibility index (Phi) is 3.28. The van der Waals surface area contributed by atoms with E-state index in [1.807, 2.05) is 6.92 Å². The Bertz CT molecular complexity index is 591. The van der Waals surface area contributed by atoms with Crippen LogP contribution in [0.4, 0.5) is 0 Å². The van der Waals surface area contributed by atoms with Gasteiger partial charge in [-0.1, -0.05) is 19.1 Å². The fourth-order valence-electron chi connectivity index (χ4n) is 3.34. The van der Waals surface area contributed by atoms with E-state index in [0.717, 1.165) is 11.2 Å². The summed E-state index contributed by atoms with van der Waals surface area (Å²) < 4.78 is 0. The molecule has 1 aromatic carbocycles. The summed E-state index contributed by atoms with van der Waals surface area (Å²) >= 11 is 0. The third kappa shape index (κ3) is 2.37. The molecule has 1 aliphatic heterocycles. The number of nitrogens with zero attached hydrogens (tertiary/aromatic N) is 1. The molecule has 1 saturated heterocycles. The highest BCUT2D eigenvalue weighted by Gasteiger charge is 2.31. The molecule has 3 rings (SSSR count). The normalized spacial score (nSPS) is 27.0. The van der Waals surface area contributed by atoms with Gasteiger partial charge in [0.05, 0.1) is 5.52 Å². The van der Waals surface area contributed by atoms with E-state index < -0.39 is 0 Å². The van der Waals surface area contributed by atoms with Gasteiger partial charge < -0.3 is 5.32 Å². The molecule has 0 radical (unpaired) electrons. The quantitative estimate of drug-likeness (QED) is 0.882. The maximum absolute atomic E-state index is 4.58. The van der Waals surface area contributed by atoms with Crippen molar-refractivity contribution in [2.24, 2.45) is 0 Å². The van der Waals surface area contributed by atoms with Crippen LogP contribution in [0.1, 0.15) is 43.9 Å². The van der Waals surface area contributed by atoms with Crippen LogP contribution in [0.5, 0.6) is 0 Å². The van der Waals surface area contributed by atoms with E-state index in [0.29, 0.717) is 18.0 Å². The van der Waals surface area contributed by atoms with Crippen LogP contribution in [0.2, 0.25) is 0 Å². The Morgan fingerprint density at radius 3 is 2.89 bits per heavy atom. The van der Waals surface area contributed by atoms with Crippen LogP contribution in [0, 0.1) is 6.92 Å².